The number of hydrogen-bond acceptors (Lipinski definition) is 3. The molecule has 0 aliphatic rings. The second-order valence-electron chi connectivity index (χ2n) is 7.13. The largest absolute Gasteiger partial charge is 0.218 e. The molecule has 0 spiro atoms. The van der Waals surface area contributed by atoms with Gasteiger partial charge in [0.2, 0.25) is 5.13 Å². The fourth-order valence-electron chi connectivity index (χ4n) is 3.57. The molecule has 0 unspecified atom stereocenters. The van der Waals surface area contributed by atoms with Crippen LogP contribution in [0.3, 0.4) is 0 Å². The second-order valence-corrected chi connectivity index (χ2v) is 7.97. The summed E-state index contributed by atoms with van der Waals surface area (Å²) in [4.78, 5) is 4.80. The lowest BCUT2D eigenvalue weighted by Crippen LogP contribution is -1.99. The molecule has 2 aromatic heterocycles. The van der Waals surface area contributed by atoms with Gasteiger partial charge in [0, 0.05) is 27.6 Å². The van der Waals surface area contributed by atoms with E-state index in [9.17, 15) is 8.78 Å². The van der Waals surface area contributed by atoms with Crippen LogP contribution in [0.5, 0.6) is 0 Å². The molecular weight excluding hydrogens is 412 g/mol. The molecule has 0 saturated carbocycles. The van der Waals surface area contributed by atoms with Crippen LogP contribution in [0.25, 0.3) is 38.9 Å². The van der Waals surface area contributed by atoms with Crippen LogP contribution in [0.4, 0.5) is 8.78 Å². The van der Waals surface area contributed by atoms with Gasteiger partial charge in [0.15, 0.2) is 0 Å². The van der Waals surface area contributed by atoms with E-state index in [0.717, 1.165) is 39.3 Å². The Balaban J connectivity index is 1.69. The van der Waals surface area contributed by atoms with Crippen LogP contribution in [0, 0.1) is 18.6 Å². The predicted molar refractivity (Wildman–Crippen MR) is 120 cm³/mol. The van der Waals surface area contributed by atoms with Gasteiger partial charge in [-0.3, -0.25) is 0 Å². The van der Waals surface area contributed by atoms with Gasteiger partial charge in [0.05, 0.1) is 17.1 Å². The van der Waals surface area contributed by atoms with E-state index >= 15 is 0 Å². The lowest BCUT2D eigenvalue weighted by molar-refractivity contribution is 0.627. The van der Waals surface area contributed by atoms with Crippen LogP contribution >= 0.6 is 11.3 Å². The van der Waals surface area contributed by atoms with E-state index in [2.05, 4.69) is 0 Å². The molecule has 31 heavy (non-hydrogen) atoms. The van der Waals surface area contributed by atoms with Gasteiger partial charge in [-0.25, -0.2) is 18.4 Å². The van der Waals surface area contributed by atoms with Crippen LogP contribution in [-0.2, 0) is 0 Å². The predicted octanol–water partition coefficient (Wildman–Crippen LogP) is 6.92. The van der Waals surface area contributed by atoms with E-state index in [1.165, 1.54) is 35.6 Å². The lowest BCUT2D eigenvalue weighted by atomic mass is 10.0. The molecule has 0 amide bonds. The Morgan fingerprint density at radius 1 is 0.742 bits per heavy atom. The Labute approximate surface area is 182 Å². The molecule has 0 saturated heterocycles. The van der Waals surface area contributed by atoms with Gasteiger partial charge in [0.1, 0.15) is 11.6 Å². The third-order valence-corrected chi connectivity index (χ3v) is 5.92. The van der Waals surface area contributed by atoms with Gasteiger partial charge in [-0.2, -0.15) is 5.10 Å². The maximum Gasteiger partial charge on any atom is 0.211 e. The number of aromatic nitrogens is 3. The molecule has 5 rings (SSSR count). The fourth-order valence-corrected chi connectivity index (χ4v) is 4.35. The summed E-state index contributed by atoms with van der Waals surface area (Å²) in [6, 6.07) is 22.5. The molecule has 3 aromatic carbocycles. The quantitative estimate of drug-likeness (QED) is 0.311. The van der Waals surface area contributed by atoms with E-state index < -0.39 is 0 Å². The number of rotatable bonds is 4. The molecule has 0 radical (unpaired) electrons. The Morgan fingerprint density at radius 3 is 2.00 bits per heavy atom. The van der Waals surface area contributed by atoms with Crippen LogP contribution in [0.15, 0.2) is 84.2 Å². The van der Waals surface area contributed by atoms with Gasteiger partial charge in [-0.15, -0.1) is 11.3 Å². The highest BCUT2D eigenvalue weighted by Gasteiger charge is 2.20. The van der Waals surface area contributed by atoms with Crippen LogP contribution in [0.1, 0.15) is 5.56 Å². The van der Waals surface area contributed by atoms with E-state index in [0.29, 0.717) is 5.13 Å². The van der Waals surface area contributed by atoms with Crippen LogP contribution in [0.2, 0.25) is 0 Å². The van der Waals surface area contributed by atoms with Crippen molar-refractivity contribution in [2.45, 2.75) is 6.92 Å². The molecule has 5 aromatic rings. The molecule has 6 heteroatoms. The molecule has 0 aliphatic heterocycles. The van der Waals surface area contributed by atoms with Gasteiger partial charge >= 0.3 is 0 Å². The highest BCUT2D eigenvalue weighted by atomic mass is 32.1. The summed E-state index contributed by atoms with van der Waals surface area (Å²) in [6.45, 7) is 1.96. The molecule has 0 fully saturated rings. The first-order chi connectivity index (χ1) is 15.1. The van der Waals surface area contributed by atoms with E-state index in [4.69, 9.17) is 10.1 Å². The summed E-state index contributed by atoms with van der Waals surface area (Å²) in [5.74, 6) is -0.598. The molecule has 152 valence electrons. The van der Waals surface area contributed by atoms with Crippen molar-refractivity contribution in [3.8, 4) is 38.9 Å². The third kappa shape index (κ3) is 3.66. The number of halogens is 2. The first-order valence-corrected chi connectivity index (χ1v) is 10.6. The molecular formula is C25H17F2N3S. The number of thiazole rings is 1. The summed E-state index contributed by atoms with van der Waals surface area (Å²) in [5.41, 5.74) is 5.99. The first-order valence-electron chi connectivity index (χ1n) is 9.73. The van der Waals surface area contributed by atoms with Gasteiger partial charge in [-0.1, -0.05) is 30.3 Å². The average Bonchev–Trinajstić information content (AvgIpc) is 3.41. The molecule has 2 heterocycles. The highest BCUT2D eigenvalue weighted by molar-refractivity contribution is 7.12. The van der Waals surface area contributed by atoms with Gasteiger partial charge in [-0.05, 0) is 55.5 Å². The van der Waals surface area contributed by atoms with Crippen molar-refractivity contribution in [2.75, 3.05) is 0 Å². The SMILES string of the molecule is Cc1c(-c2ccc(F)cc2)nn(-c2nc(-c3ccccc3)cs2)c1-c1ccc(F)cc1. The highest BCUT2D eigenvalue weighted by Crippen LogP contribution is 2.35. The topological polar surface area (TPSA) is 30.7 Å². The fraction of sp³-hybridized carbons (Fsp3) is 0.0400. The average molecular weight is 429 g/mol. The number of hydrogen-bond donors (Lipinski definition) is 0. The van der Waals surface area contributed by atoms with Crippen LogP contribution < -0.4 is 0 Å². The Bertz CT molecular complexity index is 1340. The molecule has 0 N–H and O–H groups in total. The second kappa shape index (κ2) is 7.89. The molecule has 0 atom stereocenters. The zero-order valence-corrected chi connectivity index (χ0v) is 17.4. The first kappa shape index (κ1) is 19.3. The monoisotopic (exact) mass is 429 g/mol. The molecule has 0 aliphatic carbocycles. The Hall–Kier alpha value is -3.64. The molecule has 0 bridgehead atoms. The summed E-state index contributed by atoms with van der Waals surface area (Å²) in [5, 5.41) is 7.53. The minimum atomic E-state index is -0.299. The minimum absolute atomic E-state index is 0.299. The normalized spacial score (nSPS) is 11.1. The summed E-state index contributed by atoms with van der Waals surface area (Å²) in [7, 11) is 0. The summed E-state index contributed by atoms with van der Waals surface area (Å²) < 4.78 is 28.8. The molecule has 3 nitrogen and oxygen atoms in total. The van der Waals surface area contributed by atoms with Crippen molar-refractivity contribution in [3.63, 3.8) is 0 Å². The number of benzene rings is 3. The van der Waals surface area contributed by atoms with E-state index in [-0.39, 0.29) is 11.6 Å². The van der Waals surface area contributed by atoms with Crippen molar-refractivity contribution < 1.29 is 8.78 Å². The zero-order chi connectivity index (χ0) is 21.4. The van der Waals surface area contributed by atoms with Crippen molar-refractivity contribution in [2.24, 2.45) is 0 Å². The third-order valence-electron chi connectivity index (χ3n) is 5.10. The summed E-state index contributed by atoms with van der Waals surface area (Å²) >= 11 is 1.48. The Kier molecular flexibility index (Phi) is 4.92. The van der Waals surface area contributed by atoms with Crippen LogP contribution in [-0.4, -0.2) is 14.8 Å². The van der Waals surface area contributed by atoms with E-state index in [1.54, 1.807) is 28.9 Å². The van der Waals surface area contributed by atoms with Crippen molar-refractivity contribution in [1.82, 2.24) is 14.8 Å². The lowest BCUT2D eigenvalue weighted by Gasteiger charge is -2.06. The van der Waals surface area contributed by atoms with Crippen molar-refractivity contribution in [3.05, 3.63) is 101 Å². The van der Waals surface area contributed by atoms with Crippen molar-refractivity contribution in [1.29, 1.82) is 0 Å². The maximum atomic E-state index is 13.6. The number of nitrogens with zero attached hydrogens (tertiary/aromatic N) is 3. The zero-order valence-electron chi connectivity index (χ0n) is 16.6. The van der Waals surface area contributed by atoms with Gasteiger partial charge < -0.3 is 0 Å². The summed E-state index contributed by atoms with van der Waals surface area (Å²) in [6.07, 6.45) is 0. The Morgan fingerprint density at radius 2 is 1.35 bits per heavy atom. The standard InChI is InChI=1S/C25H17F2N3S/c1-16-23(18-7-11-20(26)12-8-18)29-30(24(16)19-9-13-21(27)14-10-19)25-28-22(15-31-25)17-5-3-2-4-6-17/h2-15H,1H3. The van der Waals surface area contributed by atoms with Crippen molar-refractivity contribution >= 4 is 11.3 Å². The van der Waals surface area contributed by atoms with Gasteiger partial charge in [0.25, 0.3) is 0 Å². The van der Waals surface area contributed by atoms with E-state index in [1.807, 2.05) is 42.6 Å². The minimum Gasteiger partial charge on any atom is -0.218 e. The maximum absolute atomic E-state index is 13.6. The smallest absolute Gasteiger partial charge is 0.211 e.